The van der Waals surface area contributed by atoms with Gasteiger partial charge in [0.05, 0.1) is 22.8 Å². The molecule has 1 heterocycles. The molecule has 0 saturated heterocycles. The number of anilines is 1. The molecule has 8 heteroatoms. The zero-order chi connectivity index (χ0) is 20.4. The number of hydrogen-bond acceptors (Lipinski definition) is 4. The molecule has 5 nitrogen and oxygen atoms in total. The molecule has 0 aliphatic heterocycles. The van der Waals surface area contributed by atoms with Crippen LogP contribution in [0.5, 0.6) is 0 Å². The Labute approximate surface area is 184 Å². The van der Waals surface area contributed by atoms with Crippen LogP contribution in [0, 0.1) is 0 Å². The van der Waals surface area contributed by atoms with E-state index in [1.54, 1.807) is 54.7 Å². The van der Waals surface area contributed by atoms with Crippen LogP contribution in [0.1, 0.15) is 5.56 Å². The van der Waals surface area contributed by atoms with E-state index in [1.165, 1.54) is 4.57 Å². The second-order valence-electron chi connectivity index (χ2n) is 6.14. The zero-order valence-electron chi connectivity index (χ0n) is 14.8. The second kappa shape index (κ2) is 8.37. The lowest BCUT2D eigenvalue weighted by Crippen LogP contribution is -2.22. The molecule has 144 valence electrons. The maximum atomic E-state index is 13.2. The summed E-state index contributed by atoms with van der Waals surface area (Å²) >= 11 is 15.3. The standard InChI is InChI=1S/C21H13BrCl2N4O/c22-14-3-10-19-18(11-14)20(29)28(17-8-6-16(24)7-9-17)21(26-19)27-25-12-13-1-4-15(23)5-2-13/h1-12H,(H,26,27)/b25-12+. The molecular weight excluding hydrogens is 475 g/mol. The van der Waals surface area contributed by atoms with Crippen LogP contribution >= 0.6 is 39.1 Å². The zero-order valence-corrected chi connectivity index (χ0v) is 17.9. The first kappa shape index (κ1) is 19.6. The van der Waals surface area contributed by atoms with Gasteiger partial charge in [0.2, 0.25) is 5.95 Å². The maximum absolute atomic E-state index is 13.2. The number of nitrogens with zero attached hydrogens (tertiary/aromatic N) is 3. The van der Waals surface area contributed by atoms with Crippen LogP contribution in [-0.2, 0) is 0 Å². The van der Waals surface area contributed by atoms with Crippen LogP contribution in [-0.4, -0.2) is 15.8 Å². The predicted octanol–water partition coefficient (Wildman–Crippen LogP) is 5.90. The molecular formula is C21H13BrCl2N4O. The Bertz CT molecular complexity index is 1270. The first-order chi connectivity index (χ1) is 14.0. The first-order valence-corrected chi connectivity index (χ1v) is 10.1. The van der Waals surface area contributed by atoms with Crippen molar-refractivity contribution in [1.82, 2.24) is 9.55 Å². The van der Waals surface area contributed by atoms with Crippen LogP contribution in [0.15, 0.2) is 81.1 Å². The van der Waals surface area contributed by atoms with Crippen molar-refractivity contribution >= 4 is 62.2 Å². The van der Waals surface area contributed by atoms with E-state index in [2.05, 4.69) is 31.4 Å². The molecule has 0 spiro atoms. The van der Waals surface area contributed by atoms with Crippen LogP contribution in [0.3, 0.4) is 0 Å². The molecule has 0 saturated carbocycles. The van der Waals surface area contributed by atoms with Crippen molar-refractivity contribution < 1.29 is 0 Å². The molecule has 4 rings (SSSR count). The lowest BCUT2D eigenvalue weighted by Gasteiger charge is -2.13. The topological polar surface area (TPSA) is 59.3 Å². The Kier molecular flexibility index (Phi) is 5.67. The lowest BCUT2D eigenvalue weighted by molar-refractivity contribution is 0.956. The van der Waals surface area contributed by atoms with Crippen molar-refractivity contribution in [2.45, 2.75) is 0 Å². The number of rotatable bonds is 4. The van der Waals surface area contributed by atoms with Crippen molar-refractivity contribution in [2.75, 3.05) is 5.43 Å². The van der Waals surface area contributed by atoms with E-state index in [0.717, 1.165) is 10.0 Å². The summed E-state index contributed by atoms with van der Waals surface area (Å²) in [5.74, 6) is 0.289. The van der Waals surface area contributed by atoms with Gasteiger partial charge < -0.3 is 0 Å². The Balaban J connectivity index is 1.81. The van der Waals surface area contributed by atoms with Crippen LogP contribution < -0.4 is 11.0 Å². The SMILES string of the molecule is O=c1c2cc(Br)ccc2nc(N/N=C/c2ccc(Cl)cc2)n1-c1ccc(Cl)cc1. The molecule has 0 aliphatic carbocycles. The number of nitrogens with one attached hydrogen (secondary N) is 1. The molecule has 1 N–H and O–H groups in total. The first-order valence-electron chi connectivity index (χ1n) is 8.54. The number of benzene rings is 3. The summed E-state index contributed by atoms with van der Waals surface area (Å²) in [7, 11) is 0. The highest BCUT2D eigenvalue weighted by atomic mass is 79.9. The maximum Gasteiger partial charge on any atom is 0.267 e. The van der Waals surface area contributed by atoms with E-state index < -0.39 is 0 Å². The Morgan fingerprint density at radius 2 is 1.62 bits per heavy atom. The summed E-state index contributed by atoms with van der Waals surface area (Å²) in [4.78, 5) is 17.8. The Morgan fingerprint density at radius 3 is 2.31 bits per heavy atom. The molecule has 0 unspecified atom stereocenters. The molecule has 0 radical (unpaired) electrons. The summed E-state index contributed by atoms with van der Waals surface area (Å²) < 4.78 is 2.26. The average molecular weight is 488 g/mol. The highest BCUT2D eigenvalue weighted by Crippen LogP contribution is 2.21. The number of halogens is 3. The van der Waals surface area contributed by atoms with Crippen molar-refractivity contribution in [3.8, 4) is 5.69 Å². The predicted molar refractivity (Wildman–Crippen MR) is 123 cm³/mol. The van der Waals surface area contributed by atoms with Gasteiger partial charge in [0.1, 0.15) is 0 Å². The minimum atomic E-state index is -0.220. The summed E-state index contributed by atoms with van der Waals surface area (Å²) in [5.41, 5.74) is 4.70. The monoisotopic (exact) mass is 486 g/mol. The van der Waals surface area contributed by atoms with Gasteiger partial charge in [0.25, 0.3) is 5.56 Å². The van der Waals surface area contributed by atoms with Crippen molar-refractivity contribution in [3.05, 3.63) is 97.2 Å². The highest BCUT2D eigenvalue weighted by molar-refractivity contribution is 9.10. The molecule has 0 aliphatic rings. The van der Waals surface area contributed by atoms with Gasteiger partial charge in [-0.05, 0) is 60.2 Å². The van der Waals surface area contributed by atoms with E-state index in [0.29, 0.717) is 26.6 Å². The van der Waals surface area contributed by atoms with Gasteiger partial charge >= 0.3 is 0 Å². The third-order valence-electron chi connectivity index (χ3n) is 4.16. The van der Waals surface area contributed by atoms with Gasteiger partial charge in [0, 0.05) is 14.5 Å². The van der Waals surface area contributed by atoms with Gasteiger partial charge in [-0.25, -0.2) is 15.0 Å². The largest absolute Gasteiger partial charge is 0.268 e. The number of hydrazone groups is 1. The molecule has 3 aromatic carbocycles. The van der Waals surface area contributed by atoms with Crippen LogP contribution in [0.2, 0.25) is 10.0 Å². The molecule has 29 heavy (non-hydrogen) atoms. The van der Waals surface area contributed by atoms with Gasteiger partial charge in [0.15, 0.2) is 0 Å². The normalized spacial score (nSPS) is 11.3. The number of aromatic nitrogens is 2. The van der Waals surface area contributed by atoms with Gasteiger partial charge in [-0.2, -0.15) is 5.10 Å². The molecule has 0 bridgehead atoms. The van der Waals surface area contributed by atoms with Crippen LogP contribution in [0.25, 0.3) is 16.6 Å². The van der Waals surface area contributed by atoms with Crippen LogP contribution in [0.4, 0.5) is 5.95 Å². The van der Waals surface area contributed by atoms with Gasteiger partial charge in [-0.1, -0.05) is 51.3 Å². The molecule has 4 aromatic rings. The molecule has 0 amide bonds. The van der Waals surface area contributed by atoms with Crippen molar-refractivity contribution in [2.24, 2.45) is 5.10 Å². The average Bonchev–Trinajstić information content (AvgIpc) is 2.71. The van der Waals surface area contributed by atoms with Crippen molar-refractivity contribution in [1.29, 1.82) is 0 Å². The fourth-order valence-corrected chi connectivity index (χ4v) is 3.39. The quantitative estimate of drug-likeness (QED) is 0.288. The molecule has 0 atom stereocenters. The molecule has 1 aromatic heterocycles. The number of fused-ring (bicyclic) bond motifs is 1. The van der Waals surface area contributed by atoms with Crippen molar-refractivity contribution in [3.63, 3.8) is 0 Å². The summed E-state index contributed by atoms with van der Waals surface area (Å²) in [6.45, 7) is 0. The Hall–Kier alpha value is -2.67. The summed E-state index contributed by atoms with van der Waals surface area (Å²) in [5, 5.41) is 5.95. The van der Waals surface area contributed by atoms with E-state index in [1.807, 2.05) is 18.2 Å². The summed E-state index contributed by atoms with van der Waals surface area (Å²) in [6, 6.07) is 19.5. The molecule has 0 fully saturated rings. The Morgan fingerprint density at radius 1 is 0.966 bits per heavy atom. The third kappa shape index (κ3) is 4.34. The lowest BCUT2D eigenvalue weighted by atomic mass is 10.2. The van der Waals surface area contributed by atoms with E-state index in [-0.39, 0.29) is 11.5 Å². The fourth-order valence-electron chi connectivity index (χ4n) is 2.78. The van der Waals surface area contributed by atoms with E-state index >= 15 is 0 Å². The van der Waals surface area contributed by atoms with E-state index in [4.69, 9.17) is 23.2 Å². The van der Waals surface area contributed by atoms with Gasteiger partial charge in [-0.3, -0.25) is 4.79 Å². The summed E-state index contributed by atoms with van der Waals surface area (Å²) in [6.07, 6.45) is 1.63. The second-order valence-corrected chi connectivity index (χ2v) is 7.92. The van der Waals surface area contributed by atoms with E-state index in [9.17, 15) is 4.79 Å². The minimum absolute atomic E-state index is 0.220. The fraction of sp³-hybridized carbons (Fsp3) is 0. The van der Waals surface area contributed by atoms with Gasteiger partial charge in [-0.15, -0.1) is 0 Å². The number of hydrogen-bond donors (Lipinski definition) is 1. The highest BCUT2D eigenvalue weighted by Gasteiger charge is 2.13. The minimum Gasteiger partial charge on any atom is -0.268 e. The smallest absolute Gasteiger partial charge is 0.267 e. The third-order valence-corrected chi connectivity index (χ3v) is 5.16.